The molecule has 0 radical (unpaired) electrons. The fourth-order valence-electron chi connectivity index (χ4n) is 3.37. The molecule has 2 unspecified atom stereocenters. The maximum Gasteiger partial charge on any atom is 0.243 e. The number of sulfonamides is 1. The van der Waals surface area contributed by atoms with Crippen molar-refractivity contribution in [1.29, 1.82) is 0 Å². The first-order valence-electron chi connectivity index (χ1n) is 8.73. The Hall–Kier alpha value is -2.01. The molecule has 26 heavy (non-hydrogen) atoms. The molecule has 3 saturated heterocycles. The fourth-order valence-corrected chi connectivity index (χ4v) is 4.89. The van der Waals surface area contributed by atoms with Crippen molar-refractivity contribution in [3.8, 4) is 0 Å². The van der Waals surface area contributed by atoms with Crippen LogP contribution in [-0.4, -0.2) is 50.4 Å². The van der Waals surface area contributed by atoms with Gasteiger partial charge in [-0.25, -0.2) is 18.8 Å². The van der Waals surface area contributed by atoms with E-state index in [4.69, 9.17) is 0 Å². The van der Waals surface area contributed by atoms with Gasteiger partial charge in [-0.15, -0.1) is 0 Å². The molecule has 4 rings (SSSR count). The third kappa shape index (κ3) is 3.32. The number of amides is 1. The third-order valence-corrected chi connectivity index (χ3v) is 6.81. The van der Waals surface area contributed by atoms with E-state index in [1.165, 1.54) is 4.31 Å². The summed E-state index contributed by atoms with van der Waals surface area (Å²) in [6.45, 7) is 2.10. The summed E-state index contributed by atoms with van der Waals surface area (Å²) in [7, 11) is -3.40. The molecule has 1 aromatic carbocycles. The summed E-state index contributed by atoms with van der Waals surface area (Å²) in [6, 6.07) is 6.76. The van der Waals surface area contributed by atoms with E-state index in [2.05, 4.69) is 26.5 Å². The number of hydrazine groups is 1. The van der Waals surface area contributed by atoms with Crippen LogP contribution in [0.25, 0.3) is 0 Å². The van der Waals surface area contributed by atoms with Gasteiger partial charge in [0.05, 0.1) is 17.4 Å². The lowest BCUT2D eigenvalue weighted by molar-refractivity contribution is -0.124. The zero-order chi connectivity index (χ0) is 18.1. The summed E-state index contributed by atoms with van der Waals surface area (Å²) < 4.78 is 26.6. The predicted octanol–water partition coefficient (Wildman–Crippen LogP) is -0.903. The molecule has 0 aromatic heterocycles. The van der Waals surface area contributed by atoms with Crippen molar-refractivity contribution in [2.24, 2.45) is 10.9 Å². The Kier molecular flexibility index (Phi) is 4.65. The number of rotatable bonds is 4. The maximum atomic E-state index is 12.5. The Morgan fingerprint density at radius 2 is 1.88 bits per heavy atom. The van der Waals surface area contributed by atoms with Crippen LogP contribution in [0.3, 0.4) is 0 Å². The highest BCUT2D eigenvalue weighted by Crippen LogP contribution is 2.21. The van der Waals surface area contributed by atoms with Gasteiger partial charge < -0.3 is 5.32 Å². The zero-order valence-corrected chi connectivity index (χ0v) is 15.1. The van der Waals surface area contributed by atoms with Crippen LogP contribution in [0, 0.1) is 5.92 Å². The second kappa shape index (κ2) is 6.95. The normalized spacial score (nSPS) is 28.0. The number of hydrogen-bond donors (Lipinski definition) is 4. The zero-order valence-electron chi connectivity index (χ0n) is 14.2. The molecule has 0 spiro atoms. The minimum atomic E-state index is -3.40. The minimum absolute atomic E-state index is 0.0722. The summed E-state index contributed by atoms with van der Waals surface area (Å²) in [4.78, 5) is 16.7. The van der Waals surface area contributed by atoms with Crippen molar-refractivity contribution in [3.05, 3.63) is 29.8 Å². The monoisotopic (exact) mass is 378 g/mol. The standard InChI is InChI=1S/C16H22N6O3S/c23-15-13-10-18-21-14(13)19-16(20-15)17-9-11-3-5-12(6-4-11)26(24,25)22-7-1-2-8-22/h3-6,13-14,18,21H,1-2,7-10H2,(H2,17,19,20,23). The Morgan fingerprint density at radius 3 is 2.62 bits per heavy atom. The molecule has 10 heteroatoms. The fraction of sp³-hybridized carbons (Fsp3) is 0.500. The Bertz CT molecular complexity index is 817. The van der Waals surface area contributed by atoms with Crippen LogP contribution in [0.4, 0.5) is 0 Å². The summed E-state index contributed by atoms with van der Waals surface area (Å²) >= 11 is 0. The first-order valence-corrected chi connectivity index (χ1v) is 10.2. The van der Waals surface area contributed by atoms with Gasteiger partial charge in [-0.2, -0.15) is 4.31 Å². The van der Waals surface area contributed by atoms with Crippen LogP contribution < -0.4 is 21.5 Å². The van der Waals surface area contributed by atoms with Gasteiger partial charge in [0, 0.05) is 19.6 Å². The molecule has 140 valence electrons. The largest absolute Gasteiger partial charge is 0.339 e. The number of carbonyl (C=O) groups excluding carboxylic acids is 1. The van der Waals surface area contributed by atoms with Crippen LogP contribution in [0.1, 0.15) is 18.4 Å². The van der Waals surface area contributed by atoms with Crippen LogP contribution in [-0.2, 0) is 21.4 Å². The van der Waals surface area contributed by atoms with Gasteiger partial charge in [0.25, 0.3) is 0 Å². The lowest BCUT2D eigenvalue weighted by atomic mass is 10.1. The predicted molar refractivity (Wildman–Crippen MR) is 95.3 cm³/mol. The van der Waals surface area contributed by atoms with E-state index in [0.29, 0.717) is 37.0 Å². The Labute approximate surface area is 152 Å². The first-order chi connectivity index (χ1) is 12.5. The van der Waals surface area contributed by atoms with E-state index in [-0.39, 0.29) is 18.0 Å². The smallest absolute Gasteiger partial charge is 0.243 e. The van der Waals surface area contributed by atoms with Gasteiger partial charge in [-0.1, -0.05) is 12.1 Å². The molecule has 1 aromatic rings. The first kappa shape index (κ1) is 17.4. The molecule has 4 N–H and O–H groups in total. The lowest BCUT2D eigenvalue weighted by Crippen LogP contribution is -2.61. The van der Waals surface area contributed by atoms with Crippen molar-refractivity contribution >= 4 is 21.9 Å². The molecule has 0 saturated carbocycles. The number of carbonyl (C=O) groups is 1. The maximum absolute atomic E-state index is 12.5. The molecule has 0 aliphatic carbocycles. The molecule has 9 nitrogen and oxygen atoms in total. The van der Waals surface area contributed by atoms with Crippen molar-refractivity contribution < 1.29 is 13.2 Å². The molecule has 0 bridgehead atoms. The lowest BCUT2D eigenvalue weighted by Gasteiger charge is -2.27. The van der Waals surface area contributed by atoms with Crippen molar-refractivity contribution in [1.82, 2.24) is 25.8 Å². The van der Waals surface area contributed by atoms with Crippen molar-refractivity contribution in [3.63, 3.8) is 0 Å². The highest BCUT2D eigenvalue weighted by Gasteiger charge is 2.37. The molecule has 3 aliphatic rings. The van der Waals surface area contributed by atoms with E-state index in [0.717, 1.165) is 18.4 Å². The van der Waals surface area contributed by atoms with Gasteiger partial charge in [-0.3, -0.25) is 15.5 Å². The Morgan fingerprint density at radius 1 is 1.15 bits per heavy atom. The Balaban J connectivity index is 1.42. The van der Waals surface area contributed by atoms with Gasteiger partial charge in [-0.05, 0) is 30.5 Å². The average molecular weight is 378 g/mol. The number of benzene rings is 1. The van der Waals surface area contributed by atoms with E-state index in [1.807, 2.05) is 0 Å². The second-order valence-electron chi connectivity index (χ2n) is 6.66. The number of fused-ring (bicyclic) bond motifs is 1. The summed E-state index contributed by atoms with van der Waals surface area (Å²) in [5, 5.41) is 5.88. The van der Waals surface area contributed by atoms with Gasteiger partial charge in [0.2, 0.25) is 15.9 Å². The van der Waals surface area contributed by atoms with Gasteiger partial charge in [0.1, 0.15) is 6.17 Å². The number of hydrogen-bond acceptors (Lipinski definition) is 6. The summed E-state index contributed by atoms with van der Waals surface area (Å²) in [5.74, 6) is 0.183. The minimum Gasteiger partial charge on any atom is -0.339 e. The molecule has 2 atom stereocenters. The molecular formula is C16H22N6O3S. The quantitative estimate of drug-likeness (QED) is 0.540. The van der Waals surface area contributed by atoms with Crippen molar-refractivity contribution in [2.45, 2.75) is 30.4 Å². The number of nitrogens with one attached hydrogen (secondary N) is 4. The number of aliphatic imine (C=N–C) groups is 1. The molecule has 3 heterocycles. The highest BCUT2D eigenvalue weighted by atomic mass is 32.2. The third-order valence-electron chi connectivity index (χ3n) is 4.90. The number of nitrogens with zero attached hydrogens (tertiary/aromatic N) is 2. The van der Waals surface area contributed by atoms with E-state index < -0.39 is 10.0 Å². The SMILES string of the molecule is O=C1NC(=NCc2ccc(S(=O)(=O)N3CCCC3)cc2)NC2NNCC12. The van der Waals surface area contributed by atoms with Crippen LogP contribution in [0.2, 0.25) is 0 Å². The van der Waals surface area contributed by atoms with Crippen LogP contribution in [0.5, 0.6) is 0 Å². The summed E-state index contributed by atoms with van der Waals surface area (Å²) in [6.07, 6.45) is 1.66. The van der Waals surface area contributed by atoms with Crippen LogP contribution in [0.15, 0.2) is 34.2 Å². The van der Waals surface area contributed by atoms with Crippen molar-refractivity contribution in [2.75, 3.05) is 19.6 Å². The average Bonchev–Trinajstić information content (AvgIpc) is 3.32. The molecule has 3 aliphatic heterocycles. The van der Waals surface area contributed by atoms with E-state index in [1.54, 1.807) is 24.3 Å². The van der Waals surface area contributed by atoms with E-state index >= 15 is 0 Å². The van der Waals surface area contributed by atoms with E-state index in [9.17, 15) is 13.2 Å². The topological polar surface area (TPSA) is 115 Å². The van der Waals surface area contributed by atoms with Gasteiger partial charge >= 0.3 is 0 Å². The second-order valence-corrected chi connectivity index (χ2v) is 8.60. The van der Waals surface area contributed by atoms with Crippen LogP contribution >= 0.6 is 0 Å². The van der Waals surface area contributed by atoms with Gasteiger partial charge in [0.15, 0.2) is 5.96 Å². The molecule has 3 fully saturated rings. The molecule has 1 amide bonds. The molecular weight excluding hydrogens is 356 g/mol. The summed E-state index contributed by atoms with van der Waals surface area (Å²) in [5.41, 5.74) is 6.81. The highest BCUT2D eigenvalue weighted by molar-refractivity contribution is 7.89. The number of guanidine groups is 1.